The number of halogens is 3. The molecular weight excluding hydrogens is 458 g/mol. The first-order valence-electron chi connectivity index (χ1n) is 8.82. The Kier molecular flexibility index (Phi) is 7.66. The summed E-state index contributed by atoms with van der Waals surface area (Å²) in [5.41, 5.74) is 0.311. The van der Waals surface area contributed by atoms with Gasteiger partial charge in [0.15, 0.2) is 10.3 Å². The lowest BCUT2D eigenvalue weighted by atomic mass is 10.2. The second-order valence-corrected chi connectivity index (χ2v) is 16.7. The Morgan fingerprint density at radius 2 is 1.93 bits per heavy atom. The van der Waals surface area contributed by atoms with Gasteiger partial charge in [-0.25, -0.2) is 17.8 Å². The summed E-state index contributed by atoms with van der Waals surface area (Å²) in [6.07, 6.45) is 0.875. The molecule has 0 aliphatic heterocycles. The summed E-state index contributed by atoms with van der Waals surface area (Å²) in [5, 5.41) is 2.34. The van der Waals surface area contributed by atoms with Crippen molar-refractivity contribution in [3.8, 4) is 0 Å². The molecule has 2 N–H and O–H groups in total. The van der Waals surface area contributed by atoms with E-state index in [1.165, 1.54) is 0 Å². The van der Waals surface area contributed by atoms with Gasteiger partial charge in [0.2, 0.25) is 0 Å². The van der Waals surface area contributed by atoms with Crippen molar-refractivity contribution in [1.82, 2.24) is 9.88 Å². The van der Waals surface area contributed by atoms with Gasteiger partial charge < -0.3 is 10.2 Å². The maximum Gasteiger partial charge on any atom is 0.266 e. The third-order valence-electron chi connectivity index (χ3n) is 4.12. The predicted molar refractivity (Wildman–Crippen MR) is 118 cm³/mol. The van der Waals surface area contributed by atoms with Gasteiger partial charge >= 0.3 is 0 Å². The Bertz CT molecular complexity index is 965. The van der Waals surface area contributed by atoms with Crippen molar-refractivity contribution in [3.63, 3.8) is 0 Å². The molecule has 2 rings (SSSR count). The molecule has 1 atom stereocenters. The molecule has 162 valence electrons. The van der Waals surface area contributed by atoms with Gasteiger partial charge in [-0.2, -0.15) is 4.39 Å². The number of likely N-dealkylation sites (N-methyl/N-ethyl adjacent to an activating group) is 1. The zero-order valence-electron chi connectivity index (χ0n) is 16.9. The minimum Gasteiger partial charge on any atom is -0.382 e. The van der Waals surface area contributed by atoms with Crippen LogP contribution in [0.15, 0.2) is 23.2 Å². The molecule has 12 heteroatoms. The van der Waals surface area contributed by atoms with Crippen molar-refractivity contribution >= 4 is 51.9 Å². The highest BCUT2D eigenvalue weighted by molar-refractivity contribution is 7.93. The second kappa shape index (κ2) is 9.25. The van der Waals surface area contributed by atoms with E-state index in [0.29, 0.717) is 23.6 Å². The fraction of sp³-hybridized carbons (Fsp3) is 0.471. The first kappa shape index (κ1) is 24.0. The Balaban J connectivity index is 2.20. The summed E-state index contributed by atoms with van der Waals surface area (Å²) in [5.74, 6) is -0.965. The maximum atomic E-state index is 14.6. The lowest BCUT2D eigenvalue weighted by Crippen LogP contribution is -2.40. The van der Waals surface area contributed by atoms with E-state index in [9.17, 15) is 17.2 Å². The molecule has 0 bridgehead atoms. The minimum atomic E-state index is -4.30. The highest BCUT2D eigenvalue weighted by Crippen LogP contribution is 2.30. The van der Waals surface area contributed by atoms with Crippen LogP contribution in [-0.2, 0) is 10.0 Å². The van der Waals surface area contributed by atoms with Gasteiger partial charge in [0, 0.05) is 20.7 Å². The van der Waals surface area contributed by atoms with E-state index in [-0.39, 0.29) is 16.2 Å². The zero-order chi connectivity index (χ0) is 22.0. The Morgan fingerprint density at radius 1 is 1.28 bits per heavy atom. The molecule has 0 spiro atoms. The topological polar surface area (TPSA) is 74.3 Å². The first-order valence-corrected chi connectivity index (χ1v) is 15.2. The fourth-order valence-electron chi connectivity index (χ4n) is 2.71. The smallest absolute Gasteiger partial charge is 0.266 e. The summed E-state index contributed by atoms with van der Waals surface area (Å²) in [7, 11) is -1.65. The van der Waals surface area contributed by atoms with Crippen LogP contribution in [0.1, 0.15) is 0 Å². The van der Waals surface area contributed by atoms with Crippen LogP contribution in [0.5, 0.6) is 0 Å². The number of hydrogen-bond acceptors (Lipinski definition) is 6. The summed E-state index contributed by atoms with van der Waals surface area (Å²) in [6, 6.07) is 3.36. The molecule has 1 aromatic heterocycles. The summed E-state index contributed by atoms with van der Waals surface area (Å²) >= 11 is 6.71. The molecule has 0 amide bonds. The third-order valence-corrected chi connectivity index (χ3v) is 8.31. The van der Waals surface area contributed by atoms with Crippen molar-refractivity contribution < 1.29 is 17.2 Å². The predicted octanol–water partition coefficient (Wildman–Crippen LogP) is 4.56. The van der Waals surface area contributed by atoms with E-state index in [1.807, 2.05) is 14.1 Å². The van der Waals surface area contributed by atoms with Crippen molar-refractivity contribution in [3.05, 3.63) is 34.3 Å². The molecule has 0 aliphatic rings. The number of benzene rings is 1. The average molecular weight is 483 g/mol. The van der Waals surface area contributed by atoms with Gasteiger partial charge in [0.05, 0.1) is 16.9 Å². The van der Waals surface area contributed by atoms with Crippen LogP contribution in [0.4, 0.5) is 19.6 Å². The highest BCUT2D eigenvalue weighted by Gasteiger charge is 2.25. The van der Waals surface area contributed by atoms with Gasteiger partial charge in [0.1, 0.15) is 10.7 Å². The maximum absolute atomic E-state index is 14.6. The monoisotopic (exact) mass is 482 g/mol. The number of hydrogen-bond donors (Lipinski definition) is 2. The van der Waals surface area contributed by atoms with E-state index in [0.717, 1.165) is 24.4 Å². The van der Waals surface area contributed by atoms with E-state index < -0.39 is 33.9 Å². The Labute approximate surface area is 180 Å². The largest absolute Gasteiger partial charge is 0.382 e. The van der Waals surface area contributed by atoms with Gasteiger partial charge in [0.25, 0.3) is 10.0 Å². The number of thiazole rings is 1. The number of nitrogens with zero attached hydrogens (tertiary/aromatic N) is 2. The Morgan fingerprint density at radius 3 is 2.45 bits per heavy atom. The standard InChI is InChI=1S/C17H25ClF2N4O2S2Si/c1-24(2)11(10-29(3,4)5)8-21-14-7-13(19)15(6-12(14)18)28(25,26)23-17-22-9-16(20)27-17/h6-7,9,11,21H,8,10H2,1-5H3,(H,22,23)/t11-/m1/s1. The molecule has 0 saturated carbocycles. The highest BCUT2D eigenvalue weighted by atomic mass is 35.5. The van der Waals surface area contributed by atoms with Gasteiger partial charge in [-0.05, 0) is 32.3 Å². The van der Waals surface area contributed by atoms with Crippen LogP contribution in [0, 0.1) is 10.9 Å². The SMILES string of the molecule is CN(C)[C@H](CNc1cc(F)c(S(=O)(=O)Nc2ncc(F)s2)cc1Cl)C[Si](C)(C)C. The molecule has 2 aromatic rings. The molecule has 0 fully saturated rings. The second-order valence-electron chi connectivity index (χ2n) is 8.10. The molecule has 0 radical (unpaired) electrons. The van der Waals surface area contributed by atoms with E-state index in [4.69, 9.17) is 11.6 Å². The van der Waals surface area contributed by atoms with Crippen molar-refractivity contribution in [2.24, 2.45) is 0 Å². The molecule has 1 aromatic carbocycles. The van der Waals surface area contributed by atoms with Gasteiger partial charge in [-0.1, -0.05) is 42.6 Å². The van der Waals surface area contributed by atoms with Gasteiger partial charge in [-0.15, -0.1) is 0 Å². The molecule has 0 aliphatic carbocycles. The van der Waals surface area contributed by atoms with Crippen LogP contribution < -0.4 is 10.0 Å². The average Bonchev–Trinajstić information content (AvgIpc) is 2.96. The van der Waals surface area contributed by atoms with Crippen LogP contribution in [-0.4, -0.2) is 53.1 Å². The molecule has 6 nitrogen and oxygen atoms in total. The zero-order valence-corrected chi connectivity index (χ0v) is 20.3. The lowest BCUT2D eigenvalue weighted by molar-refractivity contribution is 0.323. The summed E-state index contributed by atoms with van der Waals surface area (Å²) < 4.78 is 54.5. The summed E-state index contributed by atoms with van der Waals surface area (Å²) in [4.78, 5) is 5.05. The molecular formula is C17H25ClF2N4O2S2Si. The van der Waals surface area contributed by atoms with E-state index in [1.54, 1.807) is 0 Å². The molecule has 0 unspecified atom stereocenters. The molecule has 29 heavy (non-hydrogen) atoms. The van der Waals surface area contributed by atoms with Crippen molar-refractivity contribution in [2.45, 2.75) is 36.6 Å². The number of rotatable bonds is 9. The van der Waals surface area contributed by atoms with E-state index in [2.05, 4.69) is 39.6 Å². The molecule has 1 heterocycles. The van der Waals surface area contributed by atoms with Crippen LogP contribution >= 0.6 is 22.9 Å². The van der Waals surface area contributed by atoms with Crippen LogP contribution in [0.3, 0.4) is 0 Å². The van der Waals surface area contributed by atoms with Crippen LogP contribution in [0.2, 0.25) is 30.7 Å². The van der Waals surface area contributed by atoms with Crippen molar-refractivity contribution in [2.75, 3.05) is 30.7 Å². The number of sulfonamides is 1. The fourth-order valence-corrected chi connectivity index (χ4v) is 6.80. The van der Waals surface area contributed by atoms with Gasteiger partial charge in [-0.3, -0.25) is 4.72 Å². The lowest BCUT2D eigenvalue weighted by Gasteiger charge is -2.30. The Hall–Kier alpha value is -1.27. The quantitative estimate of drug-likeness (QED) is 0.512. The minimum absolute atomic E-state index is 0.0719. The third kappa shape index (κ3) is 6.88. The number of nitrogens with one attached hydrogen (secondary N) is 2. The van der Waals surface area contributed by atoms with Crippen LogP contribution in [0.25, 0.3) is 0 Å². The van der Waals surface area contributed by atoms with Crippen molar-refractivity contribution in [1.29, 1.82) is 0 Å². The first-order chi connectivity index (χ1) is 13.3. The molecule has 0 saturated heterocycles. The normalized spacial score (nSPS) is 13.6. The number of aromatic nitrogens is 1. The number of anilines is 2. The summed E-state index contributed by atoms with van der Waals surface area (Å²) in [6.45, 7) is 7.37. The van der Waals surface area contributed by atoms with E-state index >= 15 is 0 Å².